The standard InChI is InChI=1S/C9H9NS/c11-10-7-3-5-8-4-1-2-6-9(8)10/h1-4,6-7,11H,5H2. The maximum absolute atomic E-state index is 4.29. The number of rotatable bonds is 0. The third-order valence-electron chi connectivity index (χ3n) is 1.82. The fourth-order valence-electron chi connectivity index (χ4n) is 1.27. The molecule has 1 aliphatic heterocycles. The average Bonchev–Trinajstić information content (AvgIpc) is 2.06. The molecule has 0 unspecified atom stereocenters. The van der Waals surface area contributed by atoms with E-state index in [0.717, 1.165) is 6.42 Å². The van der Waals surface area contributed by atoms with E-state index in [4.69, 9.17) is 0 Å². The summed E-state index contributed by atoms with van der Waals surface area (Å²) in [4.78, 5) is 0. The number of benzene rings is 1. The van der Waals surface area contributed by atoms with E-state index in [1.807, 2.05) is 16.6 Å². The average molecular weight is 163 g/mol. The van der Waals surface area contributed by atoms with E-state index >= 15 is 0 Å². The molecule has 0 aliphatic carbocycles. The van der Waals surface area contributed by atoms with E-state index < -0.39 is 0 Å². The number of hydrogen-bond acceptors (Lipinski definition) is 2. The van der Waals surface area contributed by atoms with Gasteiger partial charge in [-0.3, -0.25) is 4.31 Å². The highest BCUT2D eigenvalue weighted by Gasteiger charge is 2.07. The van der Waals surface area contributed by atoms with Crippen LogP contribution in [0, 0.1) is 0 Å². The smallest absolute Gasteiger partial charge is 0.0550 e. The molecule has 1 aliphatic rings. The lowest BCUT2D eigenvalue weighted by Gasteiger charge is -2.19. The summed E-state index contributed by atoms with van der Waals surface area (Å²) in [5, 5.41) is 0. The SMILES string of the molecule is SN1C=CCc2ccccc21. The molecule has 1 heterocycles. The van der Waals surface area contributed by atoms with Gasteiger partial charge < -0.3 is 0 Å². The van der Waals surface area contributed by atoms with E-state index in [1.165, 1.54) is 11.3 Å². The Balaban J connectivity index is 2.50. The topological polar surface area (TPSA) is 3.24 Å². The molecule has 1 aromatic carbocycles. The minimum absolute atomic E-state index is 1.02. The summed E-state index contributed by atoms with van der Waals surface area (Å²) in [5.74, 6) is 0. The van der Waals surface area contributed by atoms with Crippen molar-refractivity contribution < 1.29 is 0 Å². The molecular formula is C9H9NS. The second-order valence-corrected chi connectivity index (χ2v) is 2.99. The third-order valence-corrected chi connectivity index (χ3v) is 2.17. The maximum Gasteiger partial charge on any atom is 0.0550 e. The molecule has 0 bridgehead atoms. The fraction of sp³-hybridized carbons (Fsp3) is 0.111. The van der Waals surface area contributed by atoms with Crippen LogP contribution < -0.4 is 4.31 Å². The Hall–Kier alpha value is -0.890. The molecule has 2 rings (SSSR count). The summed E-state index contributed by atoms with van der Waals surface area (Å²) in [5.41, 5.74) is 2.53. The number of nitrogens with zero attached hydrogens (tertiary/aromatic N) is 1. The first kappa shape index (κ1) is 6.80. The zero-order valence-electron chi connectivity index (χ0n) is 6.07. The van der Waals surface area contributed by atoms with E-state index in [0.29, 0.717) is 0 Å². The number of fused-ring (bicyclic) bond motifs is 1. The molecule has 1 aromatic rings. The third kappa shape index (κ3) is 1.14. The minimum Gasteiger partial charge on any atom is -0.294 e. The van der Waals surface area contributed by atoms with Crippen LogP contribution >= 0.6 is 12.8 Å². The summed E-state index contributed by atoms with van der Waals surface area (Å²) in [6.45, 7) is 0. The van der Waals surface area contributed by atoms with E-state index in [1.54, 1.807) is 0 Å². The van der Waals surface area contributed by atoms with Crippen LogP contribution in [0.1, 0.15) is 5.56 Å². The predicted octanol–water partition coefficient (Wildman–Crippen LogP) is 2.41. The first-order chi connectivity index (χ1) is 5.38. The van der Waals surface area contributed by atoms with E-state index in [2.05, 4.69) is 37.1 Å². The molecular weight excluding hydrogens is 154 g/mol. The van der Waals surface area contributed by atoms with Crippen molar-refractivity contribution in [2.45, 2.75) is 6.42 Å². The highest BCUT2D eigenvalue weighted by atomic mass is 32.1. The largest absolute Gasteiger partial charge is 0.294 e. The first-order valence-corrected chi connectivity index (χ1v) is 4.00. The Labute approximate surface area is 71.9 Å². The number of thiol groups is 1. The van der Waals surface area contributed by atoms with Crippen molar-refractivity contribution in [2.24, 2.45) is 0 Å². The molecule has 0 N–H and O–H groups in total. The fourth-order valence-corrected chi connectivity index (χ4v) is 1.56. The van der Waals surface area contributed by atoms with Gasteiger partial charge in [0.15, 0.2) is 0 Å². The summed E-state index contributed by atoms with van der Waals surface area (Å²) in [6, 6.07) is 8.29. The van der Waals surface area contributed by atoms with Crippen molar-refractivity contribution in [1.82, 2.24) is 0 Å². The zero-order valence-corrected chi connectivity index (χ0v) is 6.96. The monoisotopic (exact) mass is 163 g/mol. The Morgan fingerprint density at radius 1 is 1.27 bits per heavy atom. The summed E-state index contributed by atoms with van der Waals surface area (Å²) in [7, 11) is 0. The Morgan fingerprint density at radius 3 is 2.91 bits per heavy atom. The van der Waals surface area contributed by atoms with Gasteiger partial charge in [0.1, 0.15) is 0 Å². The predicted molar refractivity (Wildman–Crippen MR) is 50.8 cm³/mol. The highest BCUT2D eigenvalue weighted by Crippen LogP contribution is 2.26. The van der Waals surface area contributed by atoms with E-state index in [-0.39, 0.29) is 0 Å². The number of anilines is 1. The second kappa shape index (κ2) is 2.62. The minimum atomic E-state index is 1.02. The van der Waals surface area contributed by atoms with Crippen molar-refractivity contribution in [3.63, 3.8) is 0 Å². The van der Waals surface area contributed by atoms with Crippen LogP contribution in [0.4, 0.5) is 5.69 Å². The Morgan fingerprint density at radius 2 is 2.09 bits per heavy atom. The van der Waals surface area contributed by atoms with Crippen molar-refractivity contribution in [3.05, 3.63) is 42.1 Å². The Bertz CT molecular complexity index is 293. The van der Waals surface area contributed by atoms with Crippen molar-refractivity contribution >= 4 is 18.5 Å². The van der Waals surface area contributed by atoms with Crippen LogP contribution in [-0.2, 0) is 6.42 Å². The zero-order chi connectivity index (χ0) is 7.68. The molecule has 0 fully saturated rings. The normalized spacial score (nSPS) is 14.8. The van der Waals surface area contributed by atoms with E-state index in [9.17, 15) is 0 Å². The van der Waals surface area contributed by atoms with Crippen LogP contribution in [0.25, 0.3) is 0 Å². The van der Waals surface area contributed by atoms with Gasteiger partial charge in [0.05, 0.1) is 5.69 Å². The van der Waals surface area contributed by atoms with Gasteiger partial charge in [0.25, 0.3) is 0 Å². The van der Waals surface area contributed by atoms with Crippen molar-refractivity contribution in [3.8, 4) is 0 Å². The molecule has 2 heteroatoms. The van der Waals surface area contributed by atoms with Crippen LogP contribution in [0.3, 0.4) is 0 Å². The molecule has 56 valence electrons. The molecule has 0 radical (unpaired) electrons. The number of allylic oxidation sites excluding steroid dienone is 1. The quantitative estimate of drug-likeness (QED) is 0.575. The molecule has 0 saturated carbocycles. The molecule has 0 spiro atoms. The van der Waals surface area contributed by atoms with Crippen LogP contribution in [0.15, 0.2) is 36.5 Å². The van der Waals surface area contributed by atoms with Crippen molar-refractivity contribution in [1.29, 1.82) is 0 Å². The van der Waals surface area contributed by atoms with Gasteiger partial charge in [-0.25, -0.2) is 0 Å². The number of hydrogen-bond donors (Lipinski definition) is 1. The van der Waals surface area contributed by atoms with Crippen LogP contribution in [0.5, 0.6) is 0 Å². The van der Waals surface area contributed by atoms with Gasteiger partial charge in [0, 0.05) is 6.20 Å². The molecule has 0 aromatic heterocycles. The second-order valence-electron chi connectivity index (χ2n) is 2.56. The van der Waals surface area contributed by atoms with Crippen molar-refractivity contribution in [2.75, 3.05) is 4.31 Å². The first-order valence-electron chi connectivity index (χ1n) is 3.60. The maximum atomic E-state index is 4.29. The van der Waals surface area contributed by atoms with Gasteiger partial charge in [-0.2, -0.15) is 0 Å². The summed E-state index contributed by atoms with van der Waals surface area (Å²) in [6.07, 6.45) is 5.11. The summed E-state index contributed by atoms with van der Waals surface area (Å²) >= 11 is 4.29. The van der Waals surface area contributed by atoms with Gasteiger partial charge in [-0.15, -0.1) is 0 Å². The lowest BCUT2D eigenvalue weighted by atomic mass is 10.1. The van der Waals surface area contributed by atoms with Crippen LogP contribution in [0.2, 0.25) is 0 Å². The molecule has 0 saturated heterocycles. The molecule has 0 atom stereocenters. The Kier molecular flexibility index (Phi) is 1.62. The van der Waals surface area contributed by atoms with Gasteiger partial charge >= 0.3 is 0 Å². The van der Waals surface area contributed by atoms with Crippen LogP contribution in [-0.4, -0.2) is 0 Å². The summed E-state index contributed by atoms with van der Waals surface area (Å²) < 4.78 is 1.85. The lowest BCUT2D eigenvalue weighted by molar-refractivity contribution is 1.19. The number of para-hydroxylation sites is 1. The van der Waals surface area contributed by atoms with Gasteiger partial charge in [0.2, 0.25) is 0 Å². The van der Waals surface area contributed by atoms with Gasteiger partial charge in [-0.1, -0.05) is 37.1 Å². The molecule has 1 nitrogen and oxygen atoms in total. The molecule has 0 amide bonds. The molecule has 11 heavy (non-hydrogen) atoms. The highest BCUT2D eigenvalue weighted by molar-refractivity contribution is 7.82. The lowest BCUT2D eigenvalue weighted by Crippen LogP contribution is -2.07. The van der Waals surface area contributed by atoms with Gasteiger partial charge in [-0.05, 0) is 18.1 Å².